The van der Waals surface area contributed by atoms with E-state index in [2.05, 4.69) is 0 Å². The number of carbonyl (C=O) groups excluding carboxylic acids is 1. The van der Waals surface area contributed by atoms with Crippen LogP contribution in [0.25, 0.3) is 0 Å². The van der Waals surface area contributed by atoms with Gasteiger partial charge in [-0.05, 0) is 19.9 Å². The highest BCUT2D eigenvalue weighted by Crippen LogP contribution is 2.24. The highest BCUT2D eigenvalue weighted by Gasteiger charge is 2.21. The van der Waals surface area contributed by atoms with Crippen LogP contribution in [0.1, 0.15) is 25.3 Å². The fourth-order valence-electron chi connectivity index (χ4n) is 1.30. The van der Waals surface area contributed by atoms with Gasteiger partial charge in [0.15, 0.2) is 0 Å². The topological polar surface area (TPSA) is 52.3 Å². The van der Waals surface area contributed by atoms with Crippen LogP contribution >= 0.6 is 0 Å². The standard InChI is InChI=1S/C11H13F2NO2/c1-3-16-11(15)6(2)7-4-9(13)10(14)5-8(7)12/h4-6H,3,14H2,1-2H3. The zero-order chi connectivity index (χ0) is 12.3. The van der Waals surface area contributed by atoms with Crippen molar-refractivity contribution in [2.24, 2.45) is 0 Å². The molecule has 1 rings (SSSR count). The fraction of sp³-hybridized carbons (Fsp3) is 0.364. The lowest BCUT2D eigenvalue weighted by atomic mass is 10.00. The number of benzene rings is 1. The lowest BCUT2D eigenvalue weighted by Crippen LogP contribution is -2.15. The van der Waals surface area contributed by atoms with Crippen molar-refractivity contribution in [1.29, 1.82) is 0 Å². The summed E-state index contributed by atoms with van der Waals surface area (Å²) >= 11 is 0. The molecule has 5 heteroatoms. The molecular formula is C11H13F2NO2. The molecule has 0 amide bonds. The van der Waals surface area contributed by atoms with Crippen LogP contribution in [0.4, 0.5) is 14.5 Å². The number of hydrogen-bond donors (Lipinski definition) is 1. The van der Waals surface area contributed by atoms with Gasteiger partial charge in [0.25, 0.3) is 0 Å². The van der Waals surface area contributed by atoms with E-state index in [1.807, 2.05) is 0 Å². The number of nitrogens with two attached hydrogens (primary N) is 1. The molecule has 0 aliphatic carbocycles. The van der Waals surface area contributed by atoms with Gasteiger partial charge in [0, 0.05) is 11.6 Å². The van der Waals surface area contributed by atoms with Crippen LogP contribution in [0, 0.1) is 11.6 Å². The highest BCUT2D eigenvalue weighted by atomic mass is 19.1. The Morgan fingerprint density at radius 2 is 2.06 bits per heavy atom. The number of ether oxygens (including phenoxy) is 1. The Balaban J connectivity index is 3.04. The Morgan fingerprint density at radius 1 is 1.44 bits per heavy atom. The van der Waals surface area contributed by atoms with Gasteiger partial charge in [0.2, 0.25) is 0 Å². The van der Waals surface area contributed by atoms with E-state index in [4.69, 9.17) is 10.5 Å². The van der Waals surface area contributed by atoms with Crippen molar-refractivity contribution in [2.45, 2.75) is 19.8 Å². The molecule has 0 aromatic heterocycles. The summed E-state index contributed by atoms with van der Waals surface area (Å²) in [6, 6.07) is 1.78. The first kappa shape index (κ1) is 12.4. The second-order valence-electron chi connectivity index (χ2n) is 3.37. The van der Waals surface area contributed by atoms with Crippen LogP contribution in [0.15, 0.2) is 12.1 Å². The van der Waals surface area contributed by atoms with Crippen molar-refractivity contribution in [1.82, 2.24) is 0 Å². The van der Waals surface area contributed by atoms with E-state index in [1.54, 1.807) is 6.92 Å². The molecule has 0 radical (unpaired) electrons. The first-order valence-electron chi connectivity index (χ1n) is 4.88. The Morgan fingerprint density at radius 3 is 2.62 bits per heavy atom. The maximum atomic E-state index is 13.4. The first-order valence-corrected chi connectivity index (χ1v) is 4.88. The number of hydrogen-bond acceptors (Lipinski definition) is 3. The summed E-state index contributed by atoms with van der Waals surface area (Å²) in [5.74, 6) is -2.90. The molecule has 1 unspecified atom stereocenters. The third kappa shape index (κ3) is 2.48. The molecule has 0 saturated heterocycles. The van der Waals surface area contributed by atoms with Crippen molar-refractivity contribution in [3.05, 3.63) is 29.3 Å². The summed E-state index contributed by atoms with van der Waals surface area (Å²) < 4.78 is 31.3. The highest BCUT2D eigenvalue weighted by molar-refractivity contribution is 5.78. The largest absolute Gasteiger partial charge is 0.466 e. The smallest absolute Gasteiger partial charge is 0.313 e. The van der Waals surface area contributed by atoms with Gasteiger partial charge in [-0.2, -0.15) is 0 Å². The van der Waals surface area contributed by atoms with Gasteiger partial charge < -0.3 is 10.5 Å². The van der Waals surface area contributed by atoms with Crippen LogP contribution in [0.5, 0.6) is 0 Å². The SMILES string of the molecule is CCOC(=O)C(C)c1cc(F)c(N)cc1F. The van der Waals surface area contributed by atoms with Gasteiger partial charge in [-0.3, -0.25) is 4.79 Å². The molecule has 0 fully saturated rings. The molecule has 1 aromatic carbocycles. The number of rotatable bonds is 3. The van der Waals surface area contributed by atoms with Crippen molar-refractivity contribution in [2.75, 3.05) is 12.3 Å². The predicted molar refractivity (Wildman–Crippen MR) is 55.8 cm³/mol. The summed E-state index contributed by atoms with van der Waals surface area (Å²) in [7, 11) is 0. The first-order chi connectivity index (χ1) is 7.47. The van der Waals surface area contributed by atoms with E-state index >= 15 is 0 Å². The Hall–Kier alpha value is -1.65. The molecule has 0 heterocycles. The van der Waals surface area contributed by atoms with Crippen molar-refractivity contribution in [3.8, 4) is 0 Å². The number of anilines is 1. The van der Waals surface area contributed by atoms with Gasteiger partial charge in [-0.1, -0.05) is 0 Å². The Labute approximate surface area is 92.2 Å². The molecule has 0 spiro atoms. The maximum absolute atomic E-state index is 13.4. The Bertz CT molecular complexity index is 407. The number of nitrogen functional groups attached to an aromatic ring is 1. The van der Waals surface area contributed by atoms with Crippen LogP contribution in [-0.2, 0) is 9.53 Å². The van der Waals surface area contributed by atoms with Crippen molar-refractivity contribution in [3.63, 3.8) is 0 Å². The van der Waals surface area contributed by atoms with Gasteiger partial charge in [0.1, 0.15) is 11.6 Å². The van der Waals surface area contributed by atoms with Crippen molar-refractivity contribution >= 4 is 11.7 Å². The predicted octanol–water partition coefficient (Wildman–Crippen LogP) is 2.21. The maximum Gasteiger partial charge on any atom is 0.313 e. The molecule has 1 aromatic rings. The molecule has 16 heavy (non-hydrogen) atoms. The summed E-state index contributed by atoms with van der Waals surface area (Å²) in [5.41, 5.74) is 4.86. The zero-order valence-corrected chi connectivity index (χ0v) is 9.09. The van der Waals surface area contributed by atoms with E-state index in [1.165, 1.54) is 6.92 Å². The average molecular weight is 229 g/mol. The molecule has 0 saturated carbocycles. The molecule has 3 nitrogen and oxygen atoms in total. The van der Waals surface area contributed by atoms with Crippen LogP contribution in [0.2, 0.25) is 0 Å². The normalized spacial score (nSPS) is 12.2. The van der Waals surface area contributed by atoms with E-state index in [9.17, 15) is 13.6 Å². The number of esters is 1. The van der Waals surface area contributed by atoms with Gasteiger partial charge in [0.05, 0.1) is 18.2 Å². The number of halogens is 2. The summed E-state index contributed by atoms with van der Waals surface area (Å²) in [5, 5.41) is 0. The van der Waals surface area contributed by atoms with Gasteiger partial charge in [-0.15, -0.1) is 0 Å². The number of carbonyl (C=O) groups is 1. The van der Waals surface area contributed by atoms with Crippen LogP contribution in [-0.4, -0.2) is 12.6 Å². The quantitative estimate of drug-likeness (QED) is 0.638. The fourth-order valence-corrected chi connectivity index (χ4v) is 1.30. The zero-order valence-electron chi connectivity index (χ0n) is 9.09. The second kappa shape index (κ2) is 4.92. The van der Waals surface area contributed by atoms with Crippen molar-refractivity contribution < 1.29 is 18.3 Å². The minimum absolute atomic E-state index is 0.0508. The third-order valence-corrected chi connectivity index (χ3v) is 2.22. The molecule has 1 atom stereocenters. The lowest BCUT2D eigenvalue weighted by molar-refractivity contribution is -0.144. The van der Waals surface area contributed by atoms with E-state index in [0.29, 0.717) is 0 Å². The minimum atomic E-state index is -0.852. The van der Waals surface area contributed by atoms with Gasteiger partial charge >= 0.3 is 5.97 Å². The second-order valence-corrected chi connectivity index (χ2v) is 3.37. The summed E-state index contributed by atoms with van der Waals surface area (Å²) in [6.45, 7) is 3.29. The molecule has 2 N–H and O–H groups in total. The summed E-state index contributed by atoms with van der Waals surface area (Å²) in [6.07, 6.45) is 0. The molecule has 0 aliphatic heterocycles. The molecule has 0 aliphatic rings. The monoisotopic (exact) mass is 229 g/mol. The Kier molecular flexibility index (Phi) is 3.82. The molecule has 0 bridgehead atoms. The minimum Gasteiger partial charge on any atom is -0.466 e. The molecular weight excluding hydrogens is 216 g/mol. The van der Waals surface area contributed by atoms with E-state index in [-0.39, 0.29) is 17.9 Å². The lowest BCUT2D eigenvalue weighted by Gasteiger charge is -2.12. The van der Waals surface area contributed by atoms with E-state index in [0.717, 1.165) is 12.1 Å². The van der Waals surface area contributed by atoms with Crippen LogP contribution in [0.3, 0.4) is 0 Å². The summed E-state index contributed by atoms with van der Waals surface area (Å²) in [4.78, 5) is 11.3. The average Bonchev–Trinajstić information content (AvgIpc) is 2.23. The van der Waals surface area contributed by atoms with E-state index < -0.39 is 23.5 Å². The third-order valence-electron chi connectivity index (χ3n) is 2.22. The molecule has 88 valence electrons. The van der Waals surface area contributed by atoms with Crippen LogP contribution < -0.4 is 5.73 Å². The van der Waals surface area contributed by atoms with Gasteiger partial charge in [-0.25, -0.2) is 8.78 Å².